The number of sulfonamides is 1. The average molecular weight is 178 g/mol. The van der Waals surface area contributed by atoms with E-state index in [2.05, 4.69) is 5.32 Å². The first kappa shape index (κ1) is 8.96. The number of nitrogens with zero attached hydrogens (tertiary/aromatic N) is 1. The summed E-state index contributed by atoms with van der Waals surface area (Å²) in [5, 5.41) is 2.82. The van der Waals surface area contributed by atoms with Crippen LogP contribution in [0.4, 0.5) is 0 Å². The molecule has 0 aliphatic carbocycles. The molecule has 0 aromatic heterocycles. The zero-order chi connectivity index (χ0) is 8.48. The van der Waals surface area contributed by atoms with Crippen LogP contribution in [0, 0.1) is 0 Å². The van der Waals surface area contributed by atoms with Gasteiger partial charge in [-0.05, 0) is 13.0 Å². The lowest BCUT2D eigenvalue weighted by molar-refractivity contribution is 0.507. The highest BCUT2D eigenvalue weighted by Gasteiger charge is 2.29. The summed E-state index contributed by atoms with van der Waals surface area (Å²) in [6, 6.07) is 0. The number of hydrogen-bond donors (Lipinski definition) is 1. The molecule has 0 amide bonds. The van der Waals surface area contributed by atoms with Crippen molar-refractivity contribution in [3.05, 3.63) is 0 Å². The second kappa shape index (κ2) is 3.08. The first-order valence-corrected chi connectivity index (χ1v) is 5.17. The Morgan fingerprint density at radius 3 is 2.45 bits per heavy atom. The third kappa shape index (κ3) is 1.72. The Kier molecular flexibility index (Phi) is 2.51. The molecule has 0 saturated carbocycles. The van der Waals surface area contributed by atoms with E-state index in [1.165, 1.54) is 4.31 Å². The predicted octanol–water partition coefficient (Wildman–Crippen LogP) is -0.760. The van der Waals surface area contributed by atoms with Crippen LogP contribution in [0.15, 0.2) is 0 Å². The Morgan fingerprint density at radius 1 is 1.45 bits per heavy atom. The highest BCUT2D eigenvalue weighted by molar-refractivity contribution is 7.89. The van der Waals surface area contributed by atoms with Crippen molar-refractivity contribution in [2.45, 2.75) is 11.7 Å². The number of hydrogen-bond acceptors (Lipinski definition) is 3. The highest BCUT2D eigenvalue weighted by atomic mass is 32.2. The molecule has 4 nitrogen and oxygen atoms in total. The Balaban J connectivity index is 2.72. The van der Waals surface area contributed by atoms with E-state index >= 15 is 0 Å². The topological polar surface area (TPSA) is 49.4 Å². The molecule has 0 aromatic rings. The van der Waals surface area contributed by atoms with Crippen molar-refractivity contribution in [1.82, 2.24) is 9.62 Å². The minimum atomic E-state index is -3.01. The zero-order valence-corrected chi connectivity index (χ0v) is 7.69. The molecule has 11 heavy (non-hydrogen) atoms. The molecular formula is C6H14N2O2S. The molecular weight excluding hydrogens is 164 g/mol. The van der Waals surface area contributed by atoms with Crippen molar-refractivity contribution < 1.29 is 8.42 Å². The minimum absolute atomic E-state index is 0.211. The lowest BCUT2D eigenvalue weighted by Gasteiger charge is -2.15. The van der Waals surface area contributed by atoms with E-state index < -0.39 is 10.0 Å². The summed E-state index contributed by atoms with van der Waals surface area (Å²) in [5.74, 6) is 0. The second-order valence-corrected chi connectivity index (χ2v) is 5.37. The molecule has 1 aliphatic heterocycles. The van der Waals surface area contributed by atoms with Crippen LogP contribution in [0.5, 0.6) is 0 Å². The van der Waals surface area contributed by atoms with Crippen LogP contribution in [-0.2, 0) is 10.0 Å². The van der Waals surface area contributed by atoms with Crippen molar-refractivity contribution >= 4 is 10.0 Å². The van der Waals surface area contributed by atoms with Crippen molar-refractivity contribution in [2.75, 3.05) is 27.2 Å². The van der Waals surface area contributed by atoms with Gasteiger partial charge in [-0.15, -0.1) is 0 Å². The van der Waals surface area contributed by atoms with Crippen LogP contribution in [0.2, 0.25) is 0 Å². The van der Waals surface area contributed by atoms with Gasteiger partial charge in [-0.25, -0.2) is 12.7 Å². The largest absolute Gasteiger partial charge is 0.315 e. The van der Waals surface area contributed by atoms with Gasteiger partial charge in [-0.1, -0.05) is 0 Å². The summed E-state index contributed by atoms with van der Waals surface area (Å²) in [7, 11) is 0.148. The third-order valence-corrected chi connectivity index (χ3v) is 4.21. The molecule has 0 unspecified atom stereocenters. The van der Waals surface area contributed by atoms with Crippen LogP contribution in [0.3, 0.4) is 0 Å². The van der Waals surface area contributed by atoms with Crippen LogP contribution in [-0.4, -0.2) is 45.2 Å². The monoisotopic (exact) mass is 178 g/mol. The van der Waals surface area contributed by atoms with Gasteiger partial charge in [0.25, 0.3) is 0 Å². The van der Waals surface area contributed by atoms with E-state index in [4.69, 9.17) is 0 Å². The lowest BCUT2D eigenvalue weighted by Crippen LogP contribution is -2.34. The van der Waals surface area contributed by atoms with Crippen LogP contribution >= 0.6 is 0 Å². The molecule has 1 rings (SSSR count). The summed E-state index contributed by atoms with van der Waals surface area (Å²) in [6.45, 7) is 1.41. The molecule has 0 radical (unpaired) electrons. The molecule has 1 N–H and O–H groups in total. The van der Waals surface area contributed by atoms with Gasteiger partial charge in [0.05, 0.1) is 5.25 Å². The quantitative estimate of drug-likeness (QED) is 0.604. The van der Waals surface area contributed by atoms with E-state index in [1.54, 1.807) is 14.1 Å². The maximum atomic E-state index is 11.4. The molecule has 0 spiro atoms. The molecule has 1 fully saturated rings. The lowest BCUT2D eigenvalue weighted by atomic mass is 10.4. The first-order valence-electron chi connectivity index (χ1n) is 3.67. The molecule has 5 heteroatoms. The first-order chi connectivity index (χ1) is 5.05. The van der Waals surface area contributed by atoms with E-state index in [1.807, 2.05) is 0 Å². The van der Waals surface area contributed by atoms with Crippen molar-refractivity contribution in [3.63, 3.8) is 0 Å². The second-order valence-electron chi connectivity index (χ2n) is 2.94. The summed E-state index contributed by atoms with van der Waals surface area (Å²) in [5.41, 5.74) is 0. The maximum absolute atomic E-state index is 11.4. The summed E-state index contributed by atoms with van der Waals surface area (Å²) >= 11 is 0. The maximum Gasteiger partial charge on any atom is 0.217 e. The average Bonchev–Trinajstić information content (AvgIpc) is 2.37. The third-order valence-electron chi connectivity index (χ3n) is 1.95. The Labute approximate surface area is 67.6 Å². The molecule has 66 valence electrons. The standard InChI is InChI=1S/C6H14N2O2S/c1-8(2)11(9,10)6-3-4-7-5-6/h6-7H,3-5H2,1-2H3/t6-/m1/s1. The Bertz CT molecular complexity index is 217. The Hall–Kier alpha value is -0.130. The fraction of sp³-hybridized carbons (Fsp3) is 1.00. The fourth-order valence-corrected chi connectivity index (χ4v) is 2.52. The van der Waals surface area contributed by atoms with Crippen LogP contribution in [0.1, 0.15) is 6.42 Å². The minimum Gasteiger partial charge on any atom is -0.315 e. The van der Waals surface area contributed by atoms with Crippen molar-refractivity contribution in [1.29, 1.82) is 0 Å². The SMILES string of the molecule is CN(C)S(=O)(=O)[C@@H]1CCNC1. The molecule has 1 atom stereocenters. The summed E-state index contributed by atoms with van der Waals surface area (Å²) in [4.78, 5) is 0. The molecule has 1 saturated heterocycles. The molecule has 1 aliphatic rings. The van der Waals surface area contributed by atoms with E-state index in [9.17, 15) is 8.42 Å². The van der Waals surface area contributed by atoms with E-state index in [0.29, 0.717) is 6.54 Å². The van der Waals surface area contributed by atoms with Gasteiger partial charge in [0.15, 0.2) is 0 Å². The van der Waals surface area contributed by atoms with Gasteiger partial charge >= 0.3 is 0 Å². The van der Waals surface area contributed by atoms with Gasteiger partial charge in [0.1, 0.15) is 0 Å². The van der Waals surface area contributed by atoms with Gasteiger partial charge in [-0.3, -0.25) is 0 Å². The van der Waals surface area contributed by atoms with Gasteiger partial charge in [0.2, 0.25) is 10.0 Å². The summed E-state index contributed by atoms with van der Waals surface area (Å²) in [6.07, 6.45) is 0.737. The van der Waals surface area contributed by atoms with Gasteiger partial charge < -0.3 is 5.32 Å². The Morgan fingerprint density at radius 2 is 2.09 bits per heavy atom. The fourth-order valence-electron chi connectivity index (χ4n) is 1.18. The molecule has 0 aromatic carbocycles. The van der Waals surface area contributed by atoms with Gasteiger partial charge in [-0.2, -0.15) is 0 Å². The summed E-state index contributed by atoms with van der Waals surface area (Å²) < 4.78 is 24.1. The predicted molar refractivity (Wildman–Crippen MR) is 43.9 cm³/mol. The highest BCUT2D eigenvalue weighted by Crippen LogP contribution is 2.11. The van der Waals surface area contributed by atoms with E-state index in [-0.39, 0.29) is 5.25 Å². The van der Waals surface area contributed by atoms with E-state index in [0.717, 1.165) is 13.0 Å². The number of nitrogens with one attached hydrogen (secondary N) is 1. The normalized spacial score (nSPS) is 26.3. The van der Waals surface area contributed by atoms with Crippen molar-refractivity contribution in [2.24, 2.45) is 0 Å². The van der Waals surface area contributed by atoms with Crippen LogP contribution in [0.25, 0.3) is 0 Å². The molecule has 1 heterocycles. The molecule has 0 bridgehead atoms. The van der Waals surface area contributed by atoms with Crippen LogP contribution < -0.4 is 5.32 Å². The number of rotatable bonds is 2. The zero-order valence-electron chi connectivity index (χ0n) is 6.87. The smallest absolute Gasteiger partial charge is 0.217 e. The van der Waals surface area contributed by atoms with Gasteiger partial charge in [0, 0.05) is 20.6 Å². The van der Waals surface area contributed by atoms with Crippen molar-refractivity contribution in [3.8, 4) is 0 Å².